The molecule has 0 aromatic carbocycles. The van der Waals surface area contributed by atoms with Gasteiger partial charge < -0.3 is 10.5 Å². The van der Waals surface area contributed by atoms with E-state index in [0.717, 1.165) is 0 Å². The van der Waals surface area contributed by atoms with Gasteiger partial charge in [0.25, 0.3) is 0 Å². The van der Waals surface area contributed by atoms with Crippen LogP contribution in [-0.2, 0) is 0 Å². The van der Waals surface area contributed by atoms with Gasteiger partial charge in [0.2, 0.25) is 5.95 Å². The number of rotatable bonds is 1. The maximum atomic E-state index is 12.7. The Morgan fingerprint density at radius 1 is 1.47 bits per heavy atom. The summed E-state index contributed by atoms with van der Waals surface area (Å²) in [5, 5.41) is 8.32. The molecule has 0 unspecified atom stereocenters. The first-order chi connectivity index (χ1) is 6.83. The van der Waals surface area contributed by atoms with E-state index in [1.165, 1.54) is 6.07 Å². The first-order valence-electron chi connectivity index (χ1n) is 3.45. The van der Waals surface area contributed by atoms with Crippen LogP contribution in [0.4, 0.5) is 23.4 Å². The Morgan fingerprint density at radius 3 is 2.53 bits per heavy atom. The number of halogens is 4. The highest BCUT2D eigenvalue weighted by Crippen LogP contribution is 2.28. The molecule has 1 aromatic rings. The fourth-order valence-electron chi connectivity index (χ4n) is 0.770. The topological polar surface area (TPSA) is 71.9 Å². The second-order valence-corrected chi connectivity index (χ2v) is 2.37. The van der Waals surface area contributed by atoms with Gasteiger partial charge in [-0.15, -0.1) is 13.2 Å². The number of aromatic nitrogens is 1. The van der Waals surface area contributed by atoms with E-state index in [1.54, 1.807) is 0 Å². The second-order valence-electron chi connectivity index (χ2n) is 2.37. The second kappa shape index (κ2) is 3.61. The number of nitrogen functional groups attached to an aromatic ring is 1. The van der Waals surface area contributed by atoms with Gasteiger partial charge in [0, 0.05) is 6.07 Å². The van der Waals surface area contributed by atoms with E-state index < -0.39 is 29.4 Å². The number of hydrogen-bond donors (Lipinski definition) is 1. The summed E-state index contributed by atoms with van der Waals surface area (Å²) in [6, 6.07) is 1.84. The number of nitrogens with zero attached hydrogens (tertiary/aromatic N) is 2. The Balaban J connectivity index is 3.15. The van der Waals surface area contributed by atoms with E-state index in [1.807, 2.05) is 0 Å². The highest BCUT2D eigenvalue weighted by Gasteiger charge is 2.32. The molecule has 0 saturated heterocycles. The van der Waals surface area contributed by atoms with Crippen molar-refractivity contribution in [1.29, 1.82) is 5.26 Å². The van der Waals surface area contributed by atoms with Gasteiger partial charge in [0.15, 0.2) is 11.6 Å². The summed E-state index contributed by atoms with van der Waals surface area (Å²) in [6.45, 7) is 0. The van der Waals surface area contributed by atoms with Gasteiger partial charge >= 0.3 is 6.36 Å². The number of nitrogens with two attached hydrogens (primary N) is 1. The molecule has 8 heteroatoms. The van der Waals surface area contributed by atoms with Crippen molar-refractivity contribution in [3.05, 3.63) is 17.6 Å². The van der Waals surface area contributed by atoms with E-state index in [4.69, 9.17) is 11.0 Å². The normalized spacial score (nSPS) is 10.9. The molecule has 0 aliphatic rings. The molecular weight excluding hydrogens is 218 g/mol. The summed E-state index contributed by atoms with van der Waals surface area (Å²) in [6.07, 6.45) is -4.97. The molecule has 15 heavy (non-hydrogen) atoms. The van der Waals surface area contributed by atoms with Gasteiger partial charge in [-0.2, -0.15) is 14.6 Å². The molecule has 2 N–H and O–H groups in total. The minimum absolute atomic E-state index is 0.533. The lowest BCUT2D eigenvalue weighted by Gasteiger charge is -2.10. The van der Waals surface area contributed by atoms with Crippen molar-refractivity contribution in [3.63, 3.8) is 0 Å². The quantitative estimate of drug-likeness (QED) is 0.577. The third-order valence-corrected chi connectivity index (χ3v) is 1.31. The molecule has 0 bridgehead atoms. The molecule has 0 aliphatic heterocycles. The van der Waals surface area contributed by atoms with Crippen molar-refractivity contribution >= 4 is 5.82 Å². The summed E-state index contributed by atoms with van der Waals surface area (Å²) in [4.78, 5) is 2.89. The largest absolute Gasteiger partial charge is 0.573 e. The summed E-state index contributed by atoms with van der Waals surface area (Å²) >= 11 is 0. The summed E-state index contributed by atoms with van der Waals surface area (Å²) in [5.74, 6) is -2.92. The average molecular weight is 221 g/mol. The van der Waals surface area contributed by atoms with E-state index >= 15 is 0 Å². The maximum absolute atomic E-state index is 12.7. The van der Waals surface area contributed by atoms with Crippen molar-refractivity contribution in [1.82, 2.24) is 4.98 Å². The number of anilines is 1. The smallest absolute Gasteiger partial charge is 0.402 e. The molecule has 0 saturated carbocycles. The van der Waals surface area contributed by atoms with Crippen LogP contribution in [0.15, 0.2) is 6.07 Å². The van der Waals surface area contributed by atoms with E-state index in [9.17, 15) is 17.6 Å². The first kappa shape index (κ1) is 11.0. The molecule has 0 amide bonds. The Morgan fingerprint density at radius 2 is 2.07 bits per heavy atom. The predicted octanol–water partition coefficient (Wildman–Crippen LogP) is 1.57. The molecule has 0 aliphatic carbocycles. The molecule has 0 spiro atoms. The molecule has 1 aromatic heterocycles. The molecule has 1 rings (SSSR count). The maximum Gasteiger partial charge on any atom is 0.573 e. The summed E-state index contributed by atoms with van der Waals surface area (Å²) < 4.78 is 51.5. The average Bonchev–Trinajstić information content (AvgIpc) is 2.07. The fourth-order valence-corrected chi connectivity index (χ4v) is 0.770. The van der Waals surface area contributed by atoms with Crippen LogP contribution in [-0.4, -0.2) is 11.3 Å². The highest BCUT2D eigenvalue weighted by atomic mass is 19.4. The molecule has 1 heterocycles. The molecule has 0 atom stereocenters. The zero-order valence-corrected chi connectivity index (χ0v) is 6.97. The van der Waals surface area contributed by atoms with E-state index in [0.29, 0.717) is 6.07 Å². The molecule has 0 fully saturated rings. The van der Waals surface area contributed by atoms with Crippen LogP contribution in [0.25, 0.3) is 0 Å². The number of ether oxygens (including phenoxy) is 1. The van der Waals surface area contributed by atoms with Gasteiger partial charge in [-0.25, -0.2) is 0 Å². The number of nitriles is 1. The lowest BCUT2D eigenvalue weighted by atomic mass is 10.3. The van der Waals surface area contributed by atoms with Gasteiger partial charge in [-0.05, 0) is 0 Å². The third kappa shape index (κ3) is 2.70. The lowest BCUT2D eigenvalue weighted by molar-refractivity contribution is -0.274. The van der Waals surface area contributed by atoms with Crippen molar-refractivity contribution < 1.29 is 22.3 Å². The number of pyridine rings is 1. The minimum Gasteiger partial charge on any atom is -0.402 e. The van der Waals surface area contributed by atoms with Crippen LogP contribution >= 0.6 is 0 Å². The van der Waals surface area contributed by atoms with Crippen molar-refractivity contribution in [3.8, 4) is 11.8 Å². The third-order valence-electron chi connectivity index (χ3n) is 1.31. The lowest BCUT2D eigenvalue weighted by Crippen LogP contribution is -2.18. The standard InChI is InChI=1S/C7H3F4N3O/c8-5-3(2-12)1-4(6(13)14-5)15-7(9,10)11/h1H,(H2,13,14). The van der Waals surface area contributed by atoms with Crippen LogP contribution in [0, 0.1) is 17.3 Å². The molecular formula is C7H3F4N3O. The molecule has 80 valence electrons. The van der Waals surface area contributed by atoms with Crippen LogP contribution in [0.3, 0.4) is 0 Å². The Labute approximate surface area is 80.9 Å². The predicted molar refractivity (Wildman–Crippen MR) is 40.0 cm³/mol. The SMILES string of the molecule is N#Cc1cc(OC(F)(F)F)c(N)nc1F. The van der Waals surface area contributed by atoms with Crippen molar-refractivity contribution in [2.24, 2.45) is 0 Å². The van der Waals surface area contributed by atoms with Gasteiger partial charge in [-0.3, -0.25) is 0 Å². The van der Waals surface area contributed by atoms with Crippen LogP contribution in [0.5, 0.6) is 5.75 Å². The molecule has 4 nitrogen and oxygen atoms in total. The number of hydrogen-bond acceptors (Lipinski definition) is 4. The van der Waals surface area contributed by atoms with Crippen LogP contribution in [0.1, 0.15) is 5.56 Å². The van der Waals surface area contributed by atoms with Crippen LogP contribution < -0.4 is 10.5 Å². The zero-order valence-electron chi connectivity index (χ0n) is 6.97. The van der Waals surface area contributed by atoms with E-state index in [2.05, 4.69) is 9.72 Å². The Hall–Kier alpha value is -2.04. The highest BCUT2D eigenvalue weighted by molar-refractivity contribution is 5.50. The molecule has 0 radical (unpaired) electrons. The van der Waals surface area contributed by atoms with Crippen LogP contribution in [0.2, 0.25) is 0 Å². The Kier molecular flexibility index (Phi) is 2.65. The van der Waals surface area contributed by atoms with Crippen molar-refractivity contribution in [2.45, 2.75) is 6.36 Å². The minimum atomic E-state index is -4.97. The zero-order chi connectivity index (χ0) is 11.6. The first-order valence-corrected chi connectivity index (χ1v) is 3.45. The number of alkyl halides is 3. The van der Waals surface area contributed by atoms with Gasteiger partial charge in [-0.1, -0.05) is 0 Å². The summed E-state index contributed by atoms with van der Waals surface area (Å²) in [7, 11) is 0. The Bertz CT molecular complexity index is 423. The monoisotopic (exact) mass is 221 g/mol. The van der Waals surface area contributed by atoms with Gasteiger partial charge in [0.1, 0.15) is 11.6 Å². The summed E-state index contributed by atoms with van der Waals surface area (Å²) in [5.41, 5.74) is 4.29. The van der Waals surface area contributed by atoms with E-state index in [-0.39, 0.29) is 0 Å². The fraction of sp³-hybridized carbons (Fsp3) is 0.143. The van der Waals surface area contributed by atoms with Crippen molar-refractivity contribution in [2.75, 3.05) is 5.73 Å². The van der Waals surface area contributed by atoms with Gasteiger partial charge in [0.05, 0.1) is 0 Å².